The molecule has 0 amide bonds. The molecule has 15 heavy (non-hydrogen) atoms. The predicted octanol–water partition coefficient (Wildman–Crippen LogP) is 0.272. The van der Waals surface area contributed by atoms with Gasteiger partial charge in [-0.2, -0.15) is 0 Å². The molecule has 0 spiro atoms. The molecule has 1 N–H and O–H groups in total. The summed E-state index contributed by atoms with van der Waals surface area (Å²) in [5.41, 5.74) is -0.249. The van der Waals surface area contributed by atoms with Crippen LogP contribution in [-0.4, -0.2) is 39.5 Å². The van der Waals surface area contributed by atoms with E-state index in [4.69, 9.17) is 0 Å². The Morgan fingerprint density at radius 2 is 2.40 bits per heavy atom. The summed E-state index contributed by atoms with van der Waals surface area (Å²) in [5, 5.41) is 10.6. The molecule has 0 saturated carbocycles. The van der Waals surface area contributed by atoms with Gasteiger partial charge in [0, 0.05) is 12.3 Å². The predicted molar refractivity (Wildman–Crippen MR) is 51.6 cm³/mol. The van der Waals surface area contributed by atoms with Crippen molar-refractivity contribution in [1.29, 1.82) is 0 Å². The molecule has 7 nitrogen and oxygen atoms in total. The number of hydrogen-bond acceptors (Lipinski definition) is 6. The molecular formula is C7H6AlN3O4. The third-order valence-electron chi connectivity index (χ3n) is 1.62. The van der Waals surface area contributed by atoms with Crippen LogP contribution in [-0.2, 0) is 4.74 Å². The van der Waals surface area contributed by atoms with Gasteiger partial charge in [0.15, 0.2) is 5.82 Å². The normalized spacial score (nSPS) is 9.40. The van der Waals surface area contributed by atoms with E-state index in [1.165, 1.54) is 13.3 Å². The lowest BCUT2D eigenvalue weighted by atomic mass is 10.2. The Bertz CT molecular complexity index is 409. The fourth-order valence-electron chi connectivity index (χ4n) is 0.933. The van der Waals surface area contributed by atoms with Gasteiger partial charge in [0.25, 0.3) is 0 Å². The molecule has 0 aliphatic carbocycles. The molecule has 2 radical (unpaired) electrons. The summed E-state index contributed by atoms with van der Waals surface area (Å²) in [4.78, 5) is 24.8. The van der Waals surface area contributed by atoms with Crippen LogP contribution in [0.4, 0.5) is 11.5 Å². The molecule has 0 saturated heterocycles. The van der Waals surface area contributed by atoms with Crippen LogP contribution in [0, 0.1) is 10.1 Å². The van der Waals surface area contributed by atoms with Gasteiger partial charge in [0.1, 0.15) is 0 Å². The number of esters is 1. The van der Waals surface area contributed by atoms with E-state index in [0.29, 0.717) is 0 Å². The topological polar surface area (TPSA) is 94.4 Å². The molecule has 1 aromatic heterocycles. The molecule has 0 aliphatic heterocycles. The van der Waals surface area contributed by atoms with Crippen LogP contribution >= 0.6 is 0 Å². The molecule has 0 atom stereocenters. The standard InChI is InChI=1S/C7H7N3O4.Al/c1-14-7(11)4-2-5(10(12)13)6(8)9-3-4;/h2-3H,1H3,(H2,8,9,11);/q;+1/p-1. The molecule has 0 aromatic carbocycles. The van der Waals surface area contributed by atoms with Crippen LogP contribution in [0.5, 0.6) is 0 Å². The van der Waals surface area contributed by atoms with Gasteiger partial charge in [-0.3, -0.25) is 10.1 Å². The van der Waals surface area contributed by atoms with Crippen molar-refractivity contribution in [3.63, 3.8) is 0 Å². The zero-order valence-electron chi connectivity index (χ0n) is 7.76. The summed E-state index contributed by atoms with van der Waals surface area (Å²) in [6, 6.07) is 1.10. The van der Waals surface area contributed by atoms with Crippen molar-refractivity contribution in [2.24, 2.45) is 0 Å². The number of hydrogen-bond donors (Lipinski definition) is 1. The van der Waals surface area contributed by atoms with E-state index in [1.807, 2.05) is 0 Å². The SMILES string of the molecule is COC(=O)c1cnc([NH][Al])c([N+](=O)[O-])c1. The number of nitro groups is 1. The van der Waals surface area contributed by atoms with Gasteiger partial charge in [0.2, 0.25) is 0 Å². The maximum Gasteiger partial charge on any atom is 0.339 e. The zero-order chi connectivity index (χ0) is 11.4. The Morgan fingerprint density at radius 1 is 1.73 bits per heavy atom. The average Bonchev–Trinajstić information content (AvgIpc) is 2.27. The van der Waals surface area contributed by atoms with Gasteiger partial charge in [-0.25, -0.2) is 9.78 Å². The maximum absolute atomic E-state index is 11.1. The monoisotopic (exact) mass is 223 g/mol. The molecule has 0 aliphatic rings. The van der Waals surface area contributed by atoms with E-state index in [9.17, 15) is 14.9 Å². The van der Waals surface area contributed by atoms with E-state index in [1.54, 1.807) is 0 Å². The molecule has 0 fully saturated rings. The highest BCUT2D eigenvalue weighted by Crippen LogP contribution is 2.22. The minimum Gasteiger partial charge on any atom is -0.471 e. The highest BCUT2D eigenvalue weighted by atomic mass is 27.1. The third-order valence-corrected chi connectivity index (χ3v) is 1.90. The Labute approximate surface area is 93.2 Å². The summed E-state index contributed by atoms with van der Waals surface area (Å²) in [7, 11) is 1.19. The highest BCUT2D eigenvalue weighted by Gasteiger charge is 2.17. The summed E-state index contributed by atoms with van der Waals surface area (Å²) in [5.74, 6) is -0.599. The van der Waals surface area contributed by atoms with E-state index < -0.39 is 10.9 Å². The first-order valence-corrected chi connectivity index (χ1v) is 4.37. The van der Waals surface area contributed by atoms with Gasteiger partial charge in [-0.15, -0.1) is 0 Å². The van der Waals surface area contributed by atoms with Crippen molar-refractivity contribution in [1.82, 2.24) is 4.98 Å². The second-order valence-corrected chi connectivity index (χ2v) is 2.77. The van der Waals surface area contributed by atoms with Gasteiger partial charge >= 0.3 is 28.2 Å². The fraction of sp³-hybridized carbons (Fsp3) is 0.143. The number of carbonyl (C=O) groups is 1. The highest BCUT2D eigenvalue weighted by molar-refractivity contribution is 6.16. The lowest BCUT2D eigenvalue weighted by Gasteiger charge is -2.03. The lowest BCUT2D eigenvalue weighted by Crippen LogP contribution is -2.06. The third kappa shape index (κ3) is 2.43. The fourth-order valence-corrected chi connectivity index (χ4v) is 1.16. The second kappa shape index (κ2) is 4.73. The van der Waals surface area contributed by atoms with Crippen LogP contribution in [0.2, 0.25) is 0 Å². The van der Waals surface area contributed by atoms with Crippen molar-refractivity contribution in [3.05, 3.63) is 27.9 Å². The Kier molecular flexibility index (Phi) is 3.60. The average molecular weight is 223 g/mol. The largest absolute Gasteiger partial charge is 0.471 e. The second-order valence-electron chi connectivity index (χ2n) is 2.48. The smallest absolute Gasteiger partial charge is 0.339 e. The van der Waals surface area contributed by atoms with Crippen molar-refractivity contribution < 1.29 is 14.5 Å². The quantitative estimate of drug-likeness (QED) is 0.342. The van der Waals surface area contributed by atoms with E-state index in [0.717, 1.165) is 6.07 Å². The summed E-state index contributed by atoms with van der Waals surface area (Å²) in [6.45, 7) is 0. The molecule has 1 rings (SSSR count). The Hall–Kier alpha value is -1.65. The molecule has 8 heteroatoms. The number of aromatic nitrogens is 1. The number of nitrogens with one attached hydrogen (secondary N) is 1. The van der Waals surface area contributed by atoms with Crippen LogP contribution in [0.3, 0.4) is 0 Å². The van der Waals surface area contributed by atoms with Gasteiger partial charge < -0.3 is 9.04 Å². The van der Waals surface area contributed by atoms with Gasteiger partial charge in [-0.1, -0.05) is 0 Å². The first-order chi connectivity index (χ1) is 7.10. The lowest BCUT2D eigenvalue weighted by molar-refractivity contribution is -0.384. The van der Waals surface area contributed by atoms with Crippen molar-refractivity contribution >= 4 is 34.0 Å². The summed E-state index contributed by atoms with van der Waals surface area (Å²) >= 11 is 2.09. The molecule has 0 unspecified atom stereocenters. The van der Waals surface area contributed by atoms with Crippen molar-refractivity contribution in [3.8, 4) is 0 Å². The van der Waals surface area contributed by atoms with E-state index in [2.05, 4.69) is 30.5 Å². The van der Waals surface area contributed by atoms with E-state index >= 15 is 0 Å². The first-order valence-electron chi connectivity index (χ1n) is 3.79. The molecular weight excluding hydrogens is 217 g/mol. The zero-order valence-corrected chi connectivity index (χ0v) is 8.91. The number of rotatable bonds is 3. The Balaban J connectivity index is 3.22. The van der Waals surface area contributed by atoms with E-state index in [-0.39, 0.29) is 17.1 Å². The van der Waals surface area contributed by atoms with Crippen LogP contribution < -0.4 is 4.30 Å². The minimum atomic E-state index is -0.666. The van der Waals surface area contributed by atoms with Gasteiger partial charge in [0.05, 0.1) is 17.6 Å². The maximum atomic E-state index is 11.1. The molecule has 0 bridgehead atoms. The molecule has 1 aromatic rings. The van der Waals surface area contributed by atoms with Gasteiger partial charge in [-0.05, 0) is 0 Å². The Morgan fingerprint density at radius 3 is 2.87 bits per heavy atom. The van der Waals surface area contributed by atoms with Crippen LogP contribution in [0.15, 0.2) is 12.3 Å². The molecule has 76 valence electrons. The number of carbonyl (C=O) groups excluding carboxylic acids is 1. The summed E-state index contributed by atoms with van der Waals surface area (Å²) < 4.78 is 6.89. The van der Waals surface area contributed by atoms with Crippen LogP contribution in [0.1, 0.15) is 10.4 Å². The van der Waals surface area contributed by atoms with Crippen LogP contribution in [0.25, 0.3) is 0 Å². The van der Waals surface area contributed by atoms with Crippen molar-refractivity contribution in [2.45, 2.75) is 0 Å². The van der Waals surface area contributed by atoms with Crippen molar-refractivity contribution in [2.75, 3.05) is 11.4 Å². The first kappa shape index (κ1) is 11.4. The number of anilines is 1. The number of nitrogens with zero attached hydrogens (tertiary/aromatic N) is 2. The number of methoxy groups -OCH3 is 1. The number of pyridine rings is 1. The summed E-state index contributed by atoms with van der Waals surface area (Å²) in [6.07, 6.45) is 1.20. The number of ether oxygens (including phenoxy) is 1. The minimum absolute atomic E-state index is 0.0354. The molecule has 1 heterocycles.